The number of rotatable bonds is 4. The van der Waals surface area contributed by atoms with Crippen molar-refractivity contribution in [2.45, 2.75) is 33.1 Å². The van der Waals surface area contributed by atoms with Gasteiger partial charge in [0.1, 0.15) is 0 Å². The Hall–Kier alpha value is -2.62. The van der Waals surface area contributed by atoms with E-state index >= 15 is 0 Å². The van der Waals surface area contributed by atoms with Gasteiger partial charge in [0.15, 0.2) is 0 Å². The summed E-state index contributed by atoms with van der Waals surface area (Å²) in [5.74, 6) is 0.141. The molecule has 0 aliphatic carbocycles. The van der Waals surface area contributed by atoms with Crippen LogP contribution in [0.1, 0.15) is 29.5 Å². The van der Waals surface area contributed by atoms with E-state index in [0.717, 1.165) is 35.5 Å². The van der Waals surface area contributed by atoms with Crippen molar-refractivity contribution in [3.05, 3.63) is 59.2 Å². The van der Waals surface area contributed by atoms with Crippen molar-refractivity contribution >= 4 is 23.2 Å². The number of nitrogens with one attached hydrogen (secondary N) is 1. The van der Waals surface area contributed by atoms with Crippen LogP contribution in [0.3, 0.4) is 0 Å². The second-order valence-corrected chi connectivity index (χ2v) is 6.36. The SMILES string of the molecule is Cc1ccc(NC(=O)Cc2ccc(N3CCCC3=O)cc2)c(C)c1. The van der Waals surface area contributed by atoms with Crippen LogP contribution in [0.15, 0.2) is 42.5 Å². The molecule has 4 heteroatoms. The quantitative estimate of drug-likeness (QED) is 0.935. The zero-order chi connectivity index (χ0) is 17.1. The highest BCUT2D eigenvalue weighted by Crippen LogP contribution is 2.22. The van der Waals surface area contributed by atoms with Crippen molar-refractivity contribution in [3.8, 4) is 0 Å². The number of nitrogens with zero attached hydrogens (tertiary/aromatic N) is 1. The molecule has 124 valence electrons. The molecule has 0 unspecified atom stereocenters. The third-order valence-corrected chi connectivity index (χ3v) is 4.34. The zero-order valence-electron chi connectivity index (χ0n) is 14.1. The molecule has 24 heavy (non-hydrogen) atoms. The molecular formula is C20H22N2O2. The Bertz CT molecular complexity index is 766. The van der Waals surface area contributed by atoms with Crippen molar-refractivity contribution in [2.75, 3.05) is 16.8 Å². The van der Waals surface area contributed by atoms with Gasteiger partial charge in [0.05, 0.1) is 6.42 Å². The molecule has 0 atom stereocenters. The largest absolute Gasteiger partial charge is 0.326 e. The van der Waals surface area contributed by atoms with Crippen LogP contribution in [-0.4, -0.2) is 18.4 Å². The van der Waals surface area contributed by atoms with Gasteiger partial charge >= 0.3 is 0 Å². The molecular weight excluding hydrogens is 300 g/mol. The van der Waals surface area contributed by atoms with Gasteiger partial charge in [-0.05, 0) is 49.6 Å². The van der Waals surface area contributed by atoms with Gasteiger partial charge < -0.3 is 10.2 Å². The molecule has 1 saturated heterocycles. The molecule has 1 fully saturated rings. The first kappa shape index (κ1) is 16.2. The Labute approximate surface area is 142 Å². The Morgan fingerprint density at radius 2 is 1.88 bits per heavy atom. The fourth-order valence-corrected chi connectivity index (χ4v) is 3.05. The lowest BCUT2D eigenvalue weighted by Crippen LogP contribution is -2.23. The van der Waals surface area contributed by atoms with Gasteiger partial charge in [-0.25, -0.2) is 0 Å². The summed E-state index contributed by atoms with van der Waals surface area (Å²) in [6.45, 7) is 4.81. The molecule has 0 radical (unpaired) electrons. The van der Waals surface area contributed by atoms with E-state index < -0.39 is 0 Å². The van der Waals surface area contributed by atoms with Crippen LogP contribution in [0.2, 0.25) is 0 Å². The summed E-state index contributed by atoms with van der Waals surface area (Å²) in [4.78, 5) is 25.8. The zero-order valence-corrected chi connectivity index (χ0v) is 14.1. The normalized spacial score (nSPS) is 14.1. The van der Waals surface area contributed by atoms with Crippen molar-refractivity contribution in [1.82, 2.24) is 0 Å². The molecule has 0 bridgehead atoms. The van der Waals surface area contributed by atoms with Crippen molar-refractivity contribution in [1.29, 1.82) is 0 Å². The molecule has 4 nitrogen and oxygen atoms in total. The number of carbonyl (C=O) groups is 2. The minimum atomic E-state index is -0.0352. The molecule has 3 rings (SSSR count). The highest BCUT2D eigenvalue weighted by Gasteiger charge is 2.21. The monoisotopic (exact) mass is 322 g/mol. The van der Waals surface area contributed by atoms with Crippen LogP contribution < -0.4 is 10.2 Å². The van der Waals surface area contributed by atoms with E-state index in [9.17, 15) is 9.59 Å². The summed E-state index contributed by atoms with van der Waals surface area (Å²) in [5, 5.41) is 2.96. The molecule has 0 saturated carbocycles. The molecule has 1 heterocycles. The number of benzene rings is 2. The van der Waals surface area contributed by atoms with Gasteiger partial charge in [-0.15, -0.1) is 0 Å². The maximum Gasteiger partial charge on any atom is 0.228 e. The molecule has 0 aromatic heterocycles. The lowest BCUT2D eigenvalue weighted by Gasteiger charge is -2.16. The second kappa shape index (κ2) is 6.87. The summed E-state index contributed by atoms with van der Waals surface area (Å²) < 4.78 is 0. The van der Waals surface area contributed by atoms with E-state index in [1.165, 1.54) is 5.56 Å². The Morgan fingerprint density at radius 3 is 2.50 bits per heavy atom. The van der Waals surface area contributed by atoms with Crippen molar-refractivity contribution in [3.63, 3.8) is 0 Å². The smallest absolute Gasteiger partial charge is 0.228 e. The number of hydrogen-bond acceptors (Lipinski definition) is 2. The Balaban J connectivity index is 1.63. The van der Waals surface area contributed by atoms with Gasteiger partial charge in [0, 0.05) is 24.3 Å². The highest BCUT2D eigenvalue weighted by atomic mass is 16.2. The molecule has 1 aliphatic heterocycles. The predicted octanol–water partition coefficient (Wildman–Crippen LogP) is 3.61. The molecule has 1 aliphatic rings. The number of amides is 2. The Kier molecular flexibility index (Phi) is 4.65. The number of hydrogen-bond donors (Lipinski definition) is 1. The van der Waals surface area contributed by atoms with Crippen LogP contribution >= 0.6 is 0 Å². The first-order valence-corrected chi connectivity index (χ1v) is 8.29. The van der Waals surface area contributed by atoms with E-state index in [4.69, 9.17) is 0 Å². The van der Waals surface area contributed by atoms with E-state index in [-0.39, 0.29) is 11.8 Å². The van der Waals surface area contributed by atoms with Crippen LogP contribution in [0, 0.1) is 13.8 Å². The van der Waals surface area contributed by atoms with Gasteiger partial charge in [0.25, 0.3) is 0 Å². The third-order valence-electron chi connectivity index (χ3n) is 4.34. The number of carbonyl (C=O) groups excluding carboxylic acids is 2. The predicted molar refractivity (Wildman–Crippen MR) is 96.3 cm³/mol. The highest BCUT2D eigenvalue weighted by molar-refractivity contribution is 5.95. The van der Waals surface area contributed by atoms with Gasteiger partial charge in [-0.2, -0.15) is 0 Å². The molecule has 1 N–H and O–H groups in total. The third kappa shape index (κ3) is 3.65. The van der Waals surface area contributed by atoms with Gasteiger partial charge in [-0.1, -0.05) is 29.8 Å². The van der Waals surface area contributed by atoms with Crippen LogP contribution in [0.5, 0.6) is 0 Å². The summed E-state index contributed by atoms with van der Waals surface area (Å²) in [6.07, 6.45) is 1.86. The molecule has 0 spiro atoms. The van der Waals surface area contributed by atoms with E-state index in [2.05, 4.69) is 11.4 Å². The summed E-state index contributed by atoms with van der Waals surface area (Å²) in [5.41, 5.74) is 4.94. The van der Waals surface area contributed by atoms with Crippen LogP contribution in [0.4, 0.5) is 11.4 Å². The molecule has 2 aromatic rings. The maximum atomic E-state index is 12.2. The number of anilines is 2. The topological polar surface area (TPSA) is 49.4 Å². The van der Waals surface area contributed by atoms with E-state index in [0.29, 0.717) is 12.8 Å². The minimum absolute atomic E-state index is 0.0352. The Morgan fingerprint density at radius 1 is 1.12 bits per heavy atom. The van der Waals surface area contributed by atoms with Gasteiger partial charge in [0.2, 0.25) is 11.8 Å². The fraction of sp³-hybridized carbons (Fsp3) is 0.300. The van der Waals surface area contributed by atoms with Gasteiger partial charge in [-0.3, -0.25) is 9.59 Å². The minimum Gasteiger partial charge on any atom is -0.326 e. The summed E-state index contributed by atoms with van der Waals surface area (Å²) >= 11 is 0. The molecule has 2 amide bonds. The van der Waals surface area contributed by atoms with Crippen molar-refractivity contribution < 1.29 is 9.59 Å². The summed E-state index contributed by atoms with van der Waals surface area (Å²) in [7, 11) is 0. The van der Waals surface area contributed by atoms with E-state index in [1.807, 2.05) is 50.2 Å². The lowest BCUT2D eigenvalue weighted by atomic mass is 10.1. The van der Waals surface area contributed by atoms with E-state index in [1.54, 1.807) is 4.90 Å². The lowest BCUT2D eigenvalue weighted by molar-refractivity contribution is -0.117. The first-order valence-electron chi connectivity index (χ1n) is 8.29. The average Bonchev–Trinajstić information content (AvgIpc) is 2.97. The number of aryl methyl sites for hydroxylation is 2. The molecule has 2 aromatic carbocycles. The standard InChI is InChI=1S/C20H22N2O2/c1-14-5-10-18(15(2)12-14)21-19(23)13-16-6-8-17(9-7-16)22-11-3-4-20(22)24/h5-10,12H,3-4,11,13H2,1-2H3,(H,21,23). The summed E-state index contributed by atoms with van der Waals surface area (Å²) in [6, 6.07) is 13.7. The average molecular weight is 322 g/mol. The fourth-order valence-electron chi connectivity index (χ4n) is 3.05. The maximum absolute atomic E-state index is 12.2. The first-order chi connectivity index (χ1) is 11.5. The van der Waals surface area contributed by atoms with Crippen molar-refractivity contribution in [2.24, 2.45) is 0 Å². The second-order valence-electron chi connectivity index (χ2n) is 6.36. The van der Waals surface area contributed by atoms with Crippen LogP contribution in [-0.2, 0) is 16.0 Å². The van der Waals surface area contributed by atoms with Crippen LogP contribution in [0.25, 0.3) is 0 Å².